The van der Waals surface area contributed by atoms with Gasteiger partial charge in [0.25, 0.3) is 5.91 Å². The van der Waals surface area contributed by atoms with Crippen LogP contribution >= 0.6 is 11.6 Å². The Hall–Kier alpha value is -3.14. The van der Waals surface area contributed by atoms with Crippen LogP contribution in [0, 0.1) is 12.8 Å². The van der Waals surface area contributed by atoms with Gasteiger partial charge in [-0.05, 0) is 50.3 Å². The third-order valence-electron chi connectivity index (χ3n) is 6.50. The molecule has 1 saturated carbocycles. The SMILES string of the molecule is Cc1cccc(Cl)c1Nc1nc2c3c(c(C(=O)NC4CCC(C(F)(F)F)CC4)cc2[nH]1)OCCO3. The van der Waals surface area contributed by atoms with Gasteiger partial charge in [-0.2, -0.15) is 13.2 Å². The summed E-state index contributed by atoms with van der Waals surface area (Å²) < 4.78 is 50.5. The number of amides is 1. The summed E-state index contributed by atoms with van der Waals surface area (Å²) in [5.41, 5.74) is 2.92. The van der Waals surface area contributed by atoms with Crippen LogP contribution in [0.4, 0.5) is 24.8 Å². The highest BCUT2D eigenvalue weighted by Gasteiger charge is 2.41. The van der Waals surface area contributed by atoms with Gasteiger partial charge in [-0.15, -0.1) is 0 Å². The molecule has 0 atom stereocenters. The lowest BCUT2D eigenvalue weighted by molar-refractivity contribution is -0.182. The molecular formula is C24H24ClF3N4O3. The van der Waals surface area contributed by atoms with Crippen molar-refractivity contribution >= 4 is 40.2 Å². The van der Waals surface area contributed by atoms with Crippen LogP contribution in [0.2, 0.25) is 5.02 Å². The van der Waals surface area contributed by atoms with E-state index >= 15 is 0 Å². The van der Waals surface area contributed by atoms with Crippen LogP contribution in [-0.2, 0) is 0 Å². The number of hydrogen-bond donors (Lipinski definition) is 3. The number of hydrogen-bond acceptors (Lipinski definition) is 5. The number of nitrogens with one attached hydrogen (secondary N) is 3. The minimum absolute atomic E-state index is 0.00222. The second-order valence-corrected chi connectivity index (χ2v) is 9.29. The van der Waals surface area contributed by atoms with Crippen LogP contribution < -0.4 is 20.1 Å². The van der Waals surface area contributed by atoms with E-state index in [-0.39, 0.29) is 49.6 Å². The molecule has 1 fully saturated rings. The minimum Gasteiger partial charge on any atom is -0.485 e. The molecule has 3 N–H and O–H groups in total. The Morgan fingerprint density at radius 3 is 2.54 bits per heavy atom. The zero-order valence-electron chi connectivity index (χ0n) is 18.9. The predicted octanol–water partition coefficient (Wildman–Crippen LogP) is 5.89. The smallest absolute Gasteiger partial charge is 0.391 e. The predicted molar refractivity (Wildman–Crippen MR) is 126 cm³/mol. The number of aromatic nitrogens is 2. The second-order valence-electron chi connectivity index (χ2n) is 8.88. The Balaban J connectivity index is 1.41. The van der Waals surface area contributed by atoms with Crippen LogP contribution in [0.3, 0.4) is 0 Å². The highest BCUT2D eigenvalue weighted by molar-refractivity contribution is 6.33. The van der Waals surface area contributed by atoms with E-state index in [0.29, 0.717) is 40.0 Å². The summed E-state index contributed by atoms with van der Waals surface area (Å²) in [5, 5.41) is 6.59. The quantitative estimate of drug-likeness (QED) is 0.409. The first kappa shape index (κ1) is 23.6. The van der Waals surface area contributed by atoms with Gasteiger partial charge >= 0.3 is 6.18 Å². The summed E-state index contributed by atoms with van der Waals surface area (Å²) in [4.78, 5) is 20.9. The largest absolute Gasteiger partial charge is 0.485 e. The van der Waals surface area contributed by atoms with Crippen molar-refractivity contribution < 1.29 is 27.4 Å². The lowest BCUT2D eigenvalue weighted by Crippen LogP contribution is -2.40. The zero-order valence-corrected chi connectivity index (χ0v) is 19.6. The molecule has 1 amide bonds. The molecule has 35 heavy (non-hydrogen) atoms. The molecule has 2 aliphatic rings. The van der Waals surface area contributed by atoms with Crippen molar-refractivity contribution in [2.45, 2.75) is 44.8 Å². The molecule has 0 saturated heterocycles. The molecule has 2 heterocycles. The van der Waals surface area contributed by atoms with E-state index in [4.69, 9.17) is 21.1 Å². The Morgan fingerprint density at radius 1 is 1.14 bits per heavy atom. The summed E-state index contributed by atoms with van der Waals surface area (Å²) in [6.45, 7) is 2.48. The number of carbonyl (C=O) groups is 1. The monoisotopic (exact) mass is 508 g/mol. The molecule has 1 aliphatic heterocycles. The molecule has 0 unspecified atom stereocenters. The van der Waals surface area contributed by atoms with Gasteiger partial charge in [0.15, 0.2) is 11.5 Å². The normalized spacial score (nSPS) is 20.0. The number of aryl methyl sites for hydroxylation is 1. The number of nitrogens with zero attached hydrogens (tertiary/aromatic N) is 1. The fourth-order valence-electron chi connectivity index (χ4n) is 4.63. The van der Waals surface area contributed by atoms with Crippen LogP contribution in [0.25, 0.3) is 11.0 Å². The zero-order chi connectivity index (χ0) is 24.7. The van der Waals surface area contributed by atoms with Crippen molar-refractivity contribution in [1.29, 1.82) is 0 Å². The third-order valence-corrected chi connectivity index (χ3v) is 6.81. The van der Waals surface area contributed by atoms with Crippen molar-refractivity contribution in [3.8, 4) is 11.5 Å². The van der Waals surface area contributed by atoms with E-state index in [1.54, 1.807) is 12.1 Å². The number of anilines is 2. The van der Waals surface area contributed by atoms with E-state index in [2.05, 4.69) is 20.6 Å². The molecule has 0 radical (unpaired) electrons. The van der Waals surface area contributed by atoms with Crippen LogP contribution in [-0.4, -0.2) is 41.3 Å². The number of fused-ring (bicyclic) bond motifs is 3. The number of rotatable bonds is 4. The van der Waals surface area contributed by atoms with Gasteiger partial charge in [0, 0.05) is 6.04 Å². The average Bonchev–Trinajstić information content (AvgIpc) is 3.24. The molecule has 1 aliphatic carbocycles. The van der Waals surface area contributed by atoms with E-state index in [1.807, 2.05) is 19.1 Å². The third kappa shape index (κ3) is 4.71. The maximum atomic E-state index is 13.2. The number of benzene rings is 2. The minimum atomic E-state index is -4.20. The molecule has 0 bridgehead atoms. The number of carbonyl (C=O) groups excluding carboxylic acids is 1. The summed E-state index contributed by atoms with van der Waals surface area (Å²) in [6.07, 6.45) is -3.65. The van der Waals surface area contributed by atoms with Crippen LogP contribution in [0.15, 0.2) is 24.3 Å². The van der Waals surface area contributed by atoms with Gasteiger partial charge in [-0.25, -0.2) is 4.98 Å². The molecule has 3 aromatic rings. The van der Waals surface area contributed by atoms with E-state index in [0.717, 1.165) is 5.56 Å². The molecule has 1 aromatic heterocycles. The molecule has 5 rings (SSSR count). The first-order valence-corrected chi connectivity index (χ1v) is 11.8. The molecule has 186 valence electrons. The highest BCUT2D eigenvalue weighted by atomic mass is 35.5. The molecule has 7 nitrogen and oxygen atoms in total. The Bertz CT molecular complexity index is 1250. The number of halogens is 4. The number of alkyl halides is 3. The summed E-state index contributed by atoms with van der Waals surface area (Å²) in [5.74, 6) is -0.697. The first-order chi connectivity index (χ1) is 16.7. The first-order valence-electron chi connectivity index (χ1n) is 11.4. The van der Waals surface area contributed by atoms with Gasteiger partial charge in [-0.1, -0.05) is 23.7 Å². The van der Waals surface area contributed by atoms with Gasteiger partial charge in [0.05, 0.1) is 27.7 Å². The van der Waals surface area contributed by atoms with Gasteiger partial charge in [-0.3, -0.25) is 4.79 Å². The molecular weight excluding hydrogens is 485 g/mol. The van der Waals surface area contributed by atoms with Gasteiger partial charge in [0.2, 0.25) is 5.95 Å². The standard InChI is InChI=1S/C24H24ClF3N4O3/c1-12-3-2-4-16(25)18(12)31-23-30-17-11-15(20-21(19(17)32-23)35-10-9-34-20)22(33)29-14-7-5-13(6-8-14)24(26,27)28/h2-4,11,13-14H,5-10H2,1H3,(H,29,33)(H2,30,31,32). The van der Waals surface area contributed by atoms with Gasteiger partial charge < -0.3 is 25.1 Å². The second kappa shape index (κ2) is 9.14. The highest BCUT2D eigenvalue weighted by Crippen LogP contribution is 2.42. The Kier molecular flexibility index (Phi) is 6.16. The fourth-order valence-corrected chi connectivity index (χ4v) is 4.90. The van der Waals surface area contributed by atoms with Crippen molar-refractivity contribution in [3.05, 3.63) is 40.4 Å². The number of H-pyrrole nitrogens is 1. The molecule has 2 aromatic carbocycles. The Labute approximate surface area is 204 Å². The van der Waals surface area contributed by atoms with E-state index < -0.39 is 18.0 Å². The Morgan fingerprint density at radius 2 is 1.86 bits per heavy atom. The van der Waals surface area contributed by atoms with Crippen LogP contribution in [0.1, 0.15) is 41.6 Å². The summed E-state index contributed by atoms with van der Waals surface area (Å²) >= 11 is 6.32. The van der Waals surface area contributed by atoms with Crippen molar-refractivity contribution in [1.82, 2.24) is 15.3 Å². The maximum Gasteiger partial charge on any atom is 0.391 e. The van der Waals surface area contributed by atoms with Crippen molar-refractivity contribution in [2.75, 3.05) is 18.5 Å². The number of ether oxygens (including phenoxy) is 2. The number of imidazole rings is 1. The lowest BCUT2D eigenvalue weighted by atomic mass is 9.85. The van der Waals surface area contributed by atoms with Gasteiger partial charge in [0.1, 0.15) is 18.7 Å². The van der Waals surface area contributed by atoms with E-state index in [1.165, 1.54) is 0 Å². The van der Waals surface area contributed by atoms with E-state index in [9.17, 15) is 18.0 Å². The topological polar surface area (TPSA) is 88.3 Å². The summed E-state index contributed by atoms with van der Waals surface area (Å²) in [6, 6.07) is 6.82. The lowest BCUT2D eigenvalue weighted by Gasteiger charge is -2.30. The fraction of sp³-hybridized carbons (Fsp3) is 0.417. The number of aromatic amines is 1. The van der Waals surface area contributed by atoms with Crippen molar-refractivity contribution in [3.63, 3.8) is 0 Å². The van der Waals surface area contributed by atoms with Crippen molar-refractivity contribution in [2.24, 2.45) is 5.92 Å². The molecule has 11 heteroatoms. The average molecular weight is 509 g/mol. The van der Waals surface area contributed by atoms with Crippen LogP contribution in [0.5, 0.6) is 11.5 Å². The number of para-hydroxylation sites is 1. The molecule has 0 spiro atoms. The maximum absolute atomic E-state index is 13.2. The summed E-state index contributed by atoms with van der Waals surface area (Å²) in [7, 11) is 0.